The van der Waals surface area contributed by atoms with E-state index in [9.17, 15) is 50.3 Å². The van der Waals surface area contributed by atoms with E-state index in [4.69, 9.17) is 9.47 Å². The maximum absolute atomic E-state index is 14.0. The Morgan fingerprint density at radius 2 is 1.38 bits per heavy atom. The summed E-state index contributed by atoms with van der Waals surface area (Å²) in [6, 6.07) is 9.39. The number of carbonyl (C=O) groups is 5. The molecule has 3 rings (SSSR count). The third-order valence-corrected chi connectivity index (χ3v) is 6.41. The van der Waals surface area contributed by atoms with Gasteiger partial charge in [-0.3, -0.25) is 24.0 Å². The highest BCUT2D eigenvalue weighted by Crippen LogP contribution is 2.26. The Balaban J connectivity index is 1.71. The van der Waals surface area contributed by atoms with Crippen LogP contribution in [0, 0.1) is 34.9 Å². The van der Waals surface area contributed by atoms with Crippen LogP contribution in [-0.2, 0) is 35.3 Å². The molecular weight excluding hydrogens is 640 g/mol. The number of anilines is 1. The van der Waals surface area contributed by atoms with E-state index in [1.807, 2.05) is 5.32 Å². The molecule has 3 N–H and O–H groups in total. The number of nitrogens with one attached hydrogen (secondary N) is 3. The number of halogens is 6. The van der Waals surface area contributed by atoms with Gasteiger partial charge in [0.15, 0.2) is 23.2 Å². The normalized spacial score (nSPS) is 11.7. The number of ether oxygens (including phenoxy) is 2. The molecule has 0 aliphatic heterocycles. The van der Waals surface area contributed by atoms with Crippen LogP contribution in [0.2, 0.25) is 0 Å². The Morgan fingerprint density at radius 3 is 1.98 bits per heavy atom. The molecule has 1 atom stereocenters. The van der Waals surface area contributed by atoms with Crippen molar-refractivity contribution in [2.75, 3.05) is 11.9 Å². The molecule has 0 radical (unpaired) electrons. The lowest BCUT2D eigenvalue weighted by Crippen LogP contribution is -2.59. The molecule has 250 valence electrons. The van der Waals surface area contributed by atoms with Crippen molar-refractivity contribution in [1.82, 2.24) is 10.6 Å². The minimum absolute atomic E-state index is 0.0765. The first-order valence-electron chi connectivity index (χ1n) is 13.7. The summed E-state index contributed by atoms with van der Waals surface area (Å²) >= 11 is 0. The highest BCUT2D eigenvalue weighted by atomic mass is 19.2. The van der Waals surface area contributed by atoms with Crippen LogP contribution < -0.4 is 20.7 Å². The smallest absolute Gasteiger partial charge is 0.313 e. The van der Waals surface area contributed by atoms with Gasteiger partial charge in [-0.25, -0.2) is 17.6 Å². The highest BCUT2D eigenvalue weighted by Gasteiger charge is 2.35. The first kappa shape index (κ1) is 36.1. The standard InChI is InChI=1S/C31H27F6N3O7/c1-31(2,40-29(44)28(43)39-26-17(32)9-6-10-18(26)33)30(45)38-21(11-12-23(42)46-14-16-7-4-3-5-8-16)22(41)15-47-27-24(36)19(34)13-20(35)25(27)37/h3-10,13,21H,11-12,14-15H2,1-2H3,(H,38,45)(H,39,43)(H,40,44)/t21-/m0/s1. The van der Waals surface area contributed by atoms with Crippen LogP contribution in [0.25, 0.3) is 0 Å². The topological polar surface area (TPSA) is 140 Å². The van der Waals surface area contributed by atoms with Crippen molar-refractivity contribution in [1.29, 1.82) is 0 Å². The van der Waals surface area contributed by atoms with Gasteiger partial charge in [-0.1, -0.05) is 36.4 Å². The average molecular weight is 668 g/mol. The minimum Gasteiger partial charge on any atom is -0.479 e. The van der Waals surface area contributed by atoms with Crippen molar-refractivity contribution in [2.24, 2.45) is 0 Å². The molecule has 0 heterocycles. The summed E-state index contributed by atoms with van der Waals surface area (Å²) in [5.74, 6) is -17.6. The van der Waals surface area contributed by atoms with Crippen LogP contribution >= 0.6 is 0 Å². The molecule has 0 aliphatic rings. The molecule has 16 heteroatoms. The monoisotopic (exact) mass is 667 g/mol. The van der Waals surface area contributed by atoms with Crippen LogP contribution in [0.15, 0.2) is 54.6 Å². The predicted octanol–water partition coefficient (Wildman–Crippen LogP) is 4.01. The molecule has 0 fully saturated rings. The van der Waals surface area contributed by atoms with Gasteiger partial charge in [-0.05, 0) is 38.0 Å². The van der Waals surface area contributed by atoms with Gasteiger partial charge in [-0.15, -0.1) is 0 Å². The van der Waals surface area contributed by atoms with Gasteiger partial charge in [0, 0.05) is 12.5 Å². The Bertz CT molecular complexity index is 1620. The van der Waals surface area contributed by atoms with Gasteiger partial charge >= 0.3 is 17.8 Å². The van der Waals surface area contributed by atoms with Crippen molar-refractivity contribution in [3.05, 3.63) is 95.1 Å². The van der Waals surface area contributed by atoms with Gasteiger partial charge in [0.05, 0.1) is 6.04 Å². The molecule has 47 heavy (non-hydrogen) atoms. The van der Waals surface area contributed by atoms with Crippen molar-refractivity contribution in [3.8, 4) is 5.75 Å². The summed E-state index contributed by atoms with van der Waals surface area (Å²) in [6.07, 6.45) is -0.981. The third kappa shape index (κ3) is 9.79. The minimum atomic E-state index is -2.00. The quantitative estimate of drug-likeness (QED) is 0.108. The van der Waals surface area contributed by atoms with E-state index in [1.165, 1.54) is 0 Å². The number of carbonyl (C=O) groups excluding carboxylic acids is 5. The predicted molar refractivity (Wildman–Crippen MR) is 151 cm³/mol. The number of ketones is 1. The molecule has 3 aromatic carbocycles. The second kappa shape index (κ2) is 15.7. The van der Waals surface area contributed by atoms with Gasteiger partial charge < -0.3 is 25.4 Å². The summed E-state index contributed by atoms with van der Waals surface area (Å²) in [6.45, 7) is 0.798. The summed E-state index contributed by atoms with van der Waals surface area (Å²) < 4.78 is 92.8. The number of esters is 1. The molecule has 0 aromatic heterocycles. The zero-order valence-electron chi connectivity index (χ0n) is 24.7. The van der Waals surface area contributed by atoms with E-state index in [2.05, 4.69) is 5.32 Å². The molecule has 0 saturated heterocycles. The maximum Gasteiger partial charge on any atom is 0.313 e. The van der Waals surface area contributed by atoms with E-state index in [0.717, 1.165) is 32.0 Å². The van der Waals surface area contributed by atoms with Gasteiger partial charge in [0.1, 0.15) is 36.1 Å². The molecular formula is C31H27F6N3O7. The fourth-order valence-electron chi connectivity index (χ4n) is 3.83. The number of hydrogen-bond acceptors (Lipinski definition) is 7. The first-order chi connectivity index (χ1) is 22.1. The molecule has 0 bridgehead atoms. The fraction of sp³-hybridized carbons (Fsp3) is 0.258. The number of hydrogen-bond donors (Lipinski definition) is 3. The van der Waals surface area contributed by atoms with Crippen molar-refractivity contribution in [3.63, 3.8) is 0 Å². The molecule has 10 nitrogen and oxygen atoms in total. The van der Waals surface area contributed by atoms with E-state index in [0.29, 0.717) is 5.56 Å². The highest BCUT2D eigenvalue weighted by molar-refractivity contribution is 6.40. The van der Waals surface area contributed by atoms with Gasteiger partial charge in [0.2, 0.25) is 17.5 Å². The SMILES string of the molecule is CC(C)(NC(=O)C(=O)Nc1c(F)cccc1F)C(=O)N[C@@H](CCC(=O)OCc1ccccc1)C(=O)COc1c(F)c(F)cc(F)c1F. The lowest BCUT2D eigenvalue weighted by molar-refractivity contribution is -0.145. The number of amides is 3. The van der Waals surface area contributed by atoms with Crippen LogP contribution in [-0.4, -0.2) is 47.7 Å². The van der Waals surface area contributed by atoms with E-state index in [-0.39, 0.29) is 12.7 Å². The number of Topliss-reactive ketones (excluding diaryl/α,β-unsaturated/α-hetero) is 1. The number of para-hydroxylation sites is 1. The van der Waals surface area contributed by atoms with Gasteiger partial charge in [0.25, 0.3) is 0 Å². The van der Waals surface area contributed by atoms with Gasteiger partial charge in [-0.2, -0.15) is 8.78 Å². The fourth-order valence-corrected chi connectivity index (χ4v) is 3.83. The third-order valence-electron chi connectivity index (χ3n) is 6.41. The number of benzene rings is 3. The molecule has 0 aliphatic carbocycles. The summed E-state index contributed by atoms with van der Waals surface area (Å²) in [4.78, 5) is 63.3. The Labute approximate surface area is 263 Å². The van der Waals surface area contributed by atoms with Crippen LogP contribution in [0.4, 0.5) is 32.0 Å². The summed E-state index contributed by atoms with van der Waals surface area (Å²) in [5.41, 5.74) is -2.29. The largest absolute Gasteiger partial charge is 0.479 e. The second-order valence-corrected chi connectivity index (χ2v) is 10.4. The summed E-state index contributed by atoms with van der Waals surface area (Å²) in [7, 11) is 0. The van der Waals surface area contributed by atoms with Crippen molar-refractivity contribution >= 4 is 35.2 Å². The van der Waals surface area contributed by atoms with Crippen molar-refractivity contribution in [2.45, 2.75) is 44.9 Å². The number of rotatable bonds is 13. The zero-order valence-corrected chi connectivity index (χ0v) is 24.7. The first-order valence-corrected chi connectivity index (χ1v) is 13.7. The Kier molecular flexibility index (Phi) is 12.1. The average Bonchev–Trinajstić information content (AvgIpc) is 3.02. The Hall–Kier alpha value is -5.41. The summed E-state index contributed by atoms with van der Waals surface area (Å²) in [5, 5.41) is 5.97. The molecule has 3 amide bonds. The molecule has 0 saturated carbocycles. The maximum atomic E-state index is 14.0. The van der Waals surface area contributed by atoms with E-state index in [1.54, 1.807) is 35.6 Å². The van der Waals surface area contributed by atoms with E-state index >= 15 is 0 Å². The lowest BCUT2D eigenvalue weighted by atomic mass is 10.0. The zero-order chi connectivity index (χ0) is 34.9. The van der Waals surface area contributed by atoms with Crippen LogP contribution in [0.5, 0.6) is 5.75 Å². The second-order valence-electron chi connectivity index (χ2n) is 10.4. The lowest BCUT2D eigenvalue weighted by Gasteiger charge is -2.27. The van der Waals surface area contributed by atoms with Crippen LogP contribution in [0.3, 0.4) is 0 Å². The van der Waals surface area contributed by atoms with E-state index < -0.39 is 107 Å². The molecule has 0 unspecified atom stereocenters. The van der Waals surface area contributed by atoms with Crippen LogP contribution in [0.1, 0.15) is 32.3 Å². The van der Waals surface area contributed by atoms with Crippen molar-refractivity contribution < 1.29 is 59.8 Å². The molecule has 0 spiro atoms. The molecule has 3 aromatic rings. The Morgan fingerprint density at radius 1 is 0.787 bits per heavy atom.